The van der Waals surface area contributed by atoms with Crippen molar-refractivity contribution in [3.8, 4) is 0 Å². The van der Waals surface area contributed by atoms with Gasteiger partial charge in [0.15, 0.2) is 0 Å². The Balaban J connectivity index is 0.000000208. The predicted molar refractivity (Wildman–Crippen MR) is 191 cm³/mol. The molecule has 0 unspecified atom stereocenters. The Hall–Kier alpha value is -3.20. The Morgan fingerprint density at radius 3 is 1.13 bits per heavy atom. The summed E-state index contributed by atoms with van der Waals surface area (Å²) < 4.78 is 92.7. The van der Waals surface area contributed by atoms with Crippen LogP contribution < -0.4 is 22.1 Å². The number of ether oxygens (including phenoxy) is 2. The summed E-state index contributed by atoms with van der Waals surface area (Å²) in [5, 5.41) is 6.67. The summed E-state index contributed by atoms with van der Waals surface area (Å²) in [4.78, 5) is 23.7. The SMILES string of the molecule is NC(=O)C1(NCCC2CCC(c3c(F)cc(F)cc3F)CC2)CCOCC1.NC(=O)C1(NCCC2CCC(c3c(F)cc(F)cc3F)CC2)CCOCC1. The molecule has 300 valence electrons. The third-order valence-electron chi connectivity index (χ3n) is 12.3. The molecule has 0 atom stereocenters. The van der Waals surface area contributed by atoms with Crippen molar-refractivity contribution < 1.29 is 45.4 Å². The van der Waals surface area contributed by atoms with Crippen molar-refractivity contribution in [3.05, 3.63) is 70.3 Å². The molecule has 6 rings (SSSR count). The fraction of sp³-hybridized carbons (Fsp3) is 0.650. The maximum atomic E-state index is 14.0. The number of hydrogen-bond donors (Lipinski definition) is 4. The van der Waals surface area contributed by atoms with Gasteiger partial charge in [0.05, 0.1) is 0 Å². The van der Waals surface area contributed by atoms with Crippen LogP contribution >= 0.6 is 0 Å². The Kier molecular flexibility index (Phi) is 14.8. The van der Waals surface area contributed by atoms with E-state index in [-0.39, 0.29) is 34.8 Å². The van der Waals surface area contributed by atoms with E-state index in [2.05, 4.69) is 10.6 Å². The molecule has 0 radical (unpaired) electrons. The van der Waals surface area contributed by atoms with Gasteiger partial charge in [-0.3, -0.25) is 9.59 Å². The highest BCUT2D eigenvalue weighted by Gasteiger charge is 2.39. The van der Waals surface area contributed by atoms with Crippen LogP contribution in [-0.4, -0.2) is 62.4 Å². The molecule has 8 nitrogen and oxygen atoms in total. The molecule has 2 aromatic rings. The summed E-state index contributed by atoms with van der Waals surface area (Å²) in [5.41, 5.74) is 9.84. The molecular weight excluding hydrogens is 714 g/mol. The van der Waals surface area contributed by atoms with E-state index in [1.165, 1.54) is 0 Å². The van der Waals surface area contributed by atoms with Crippen molar-refractivity contribution in [2.24, 2.45) is 23.3 Å². The summed E-state index contributed by atoms with van der Waals surface area (Å²) >= 11 is 0. The first-order chi connectivity index (χ1) is 25.8. The van der Waals surface area contributed by atoms with Crippen LogP contribution in [0.15, 0.2) is 24.3 Å². The Bertz CT molecular complexity index is 1410. The van der Waals surface area contributed by atoms with Crippen LogP contribution in [0.1, 0.15) is 113 Å². The second-order valence-corrected chi connectivity index (χ2v) is 15.5. The van der Waals surface area contributed by atoms with E-state index in [9.17, 15) is 35.9 Å². The normalized spacial score (nSPS) is 25.3. The van der Waals surface area contributed by atoms with Gasteiger partial charge in [-0.25, -0.2) is 26.3 Å². The van der Waals surface area contributed by atoms with Crippen LogP contribution in [-0.2, 0) is 19.1 Å². The first kappa shape index (κ1) is 42.0. The van der Waals surface area contributed by atoms with Gasteiger partial charge in [-0.2, -0.15) is 0 Å². The second-order valence-electron chi connectivity index (χ2n) is 15.5. The molecule has 6 N–H and O–H groups in total. The fourth-order valence-electron chi connectivity index (χ4n) is 8.86. The lowest BCUT2D eigenvalue weighted by molar-refractivity contribution is -0.129. The van der Waals surface area contributed by atoms with Gasteiger partial charge in [0.2, 0.25) is 11.8 Å². The molecule has 2 aliphatic carbocycles. The van der Waals surface area contributed by atoms with Crippen LogP contribution in [0.25, 0.3) is 0 Å². The van der Waals surface area contributed by atoms with Gasteiger partial charge in [0, 0.05) is 61.8 Å². The molecule has 0 aromatic heterocycles. The number of primary amides is 2. The number of rotatable bonds is 12. The molecule has 4 aliphatic rings. The Morgan fingerprint density at radius 2 is 0.852 bits per heavy atom. The summed E-state index contributed by atoms with van der Waals surface area (Å²) in [6.07, 6.45) is 10.2. The van der Waals surface area contributed by atoms with Crippen molar-refractivity contribution in [2.75, 3.05) is 39.5 Å². The topological polar surface area (TPSA) is 129 Å². The van der Waals surface area contributed by atoms with Crippen molar-refractivity contribution in [1.82, 2.24) is 10.6 Å². The smallest absolute Gasteiger partial charge is 0.237 e. The number of nitrogens with one attached hydrogen (secondary N) is 2. The molecule has 2 amide bonds. The molecule has 2 aromatic carbocycles. The highest BCUT2D eigenvalue weighted by Crippen LogP contribution is 2.40. The Labute approximate surface area is 313 Å². The van der Waals surface area contributed by atoms with Crippen LogP contribution in [0.4, 0.5) is 26.3 Å². The minimum absolute atomic E-state index is 0.0165. The molecule has 14 heteroatoms. The molecule has 0 spiro atoms. The number of carbonyl (C=O) groups is 2. The minimum Gasteiger partial charge on any atom is -0.381 e. The summed E-state index contributed by atoms with van der Waals surface area (Å²) in [6, 6.07) is 3.02. The van der Waals surface area contributed by atoms with E-state index < -0.39 is 46.0 Å². The van der Waals surface area contributed by atoms with Gasteiger partial charge < -0.3 is 31.6 Å². The second kappa shape index (κ2) is 19.1. The summed E-state index contributed by atoms with van der Waals surface area (Å²) in [6.45, 7) is 3.45. The van der Waals surface area contributed by atoms with E-state index in [0.717, 1.165) is 62.8 Å². The number of benzene rings is 2. The number of carbonyl (C=O) groups excluding carboxylic acids is 2. The molecule has 54 heavy (non-hydrogen) atoms. The zero-order valence-electron chi connectivity index (χ0n) is 30.8. The number of nitrogens with two attached hydrogens (primary N) is 2. The van der Waals surface area contributed by atoms with Gasteiger partial charge >= 0.3 is 0 Å². The van der Waals surface area contributed by atoms with Crippen molar-refractivity contribution in [3.63, 3.8) is 0 Å². The number of amides is 2. The third kappa shape index (κ3) is 10.6. The zero-order chi connectivity index (χ0) is 38.9. The lowest BCUT2D eigenvalue weighted by atomic mass is 9.77. The summed E-state index contributed by atoms with van der Waals surface area (Å²) in [7, 11) is 0. The third-order valence-corrected chi connectivity index (χ3v) is 12.3. The molecule has 2 heterocycles. The average Bonchev–Trinajstić information content (AvgIpc) is 3.13. The molecular formula is C40H54F6N4O4. The van der Waals surface area contributed by atoms with Crippen molar-refractivity contribution in [1.29, 1.82) is 0 Å². The van der Waals surface area contributed by atoms with Gasteiger partial charge in [0.25, 0.3) is 0 Å². The predicted octanol–water partition coefficient (Wildman–Crippen LogP) is 6.78. The van der Waals surface area contributed by atoms with Crippen molar-refractivity contribution in [2.45, 2.75) is 113 Å². The van der Waals surface area contributed by atoms with Gasteiger partial charge in [-0.15, -0.1) is 0 Å². The van der Waals surface area contributed by atoms with E-state index in [1.54, 1.807) is 0 Å². The van der Waals surface area contributed by atoms with Gasteiger partial charge in [-0.1, -0.05) is 0 Å². The summed E-state index contributed by atoms with van der Waals surface area (Å²) in [5.74, 6) is -5.15. The maximum absolute atomic E-state index is 14.0. The molecule has 2 saturated carbocycles. The fourth-order valence-corrected chi connectivity index (χ4v) is 8.86. The standard InChI is InChI=1S/2C20H27F3N2O2/c2*21-15-11-16(22)18(17(23)12-15)14-3-1-13(2-4-14)5-8-25-20(19(24)26)6-9-27-10-7-20/h2*11-14,25H,1-10H2,(H2,24,26). The van der Waals surface area contributed by atoms with Crippen LogP contribution in [0.3, 0.4) is 0 Å². The first-order valence-corrected chi connectivity index (χ1v) is 19.4. The minimum atomic E-state index is -0.884. The highest BCUT2D eigenvalue weighted by atomic mass is 19.2. The van der Waals surface area contributed by atoms with Crippen LogP contribution in [0.2, 0.25) is 0 Å². The molecule has 2 saturated heterocycles. The Morgan fingerprint density at radius 1 is 0.556 bits per heavy atom. The lowest BCUT2D eigenvalue weighted by Gasteiger charge is -2.36. The average molecular weight is 769 g/mol. The number of hydrogen-bond acceptors (Lipinski definition) is 6. The van der Waals surface area contributed by atoms with Crippen molar-refractivity contribution >= 4 is 11.8 Å². The molecule has 4 fully saturated rings. The monoisotopic (exact) mass is 768 g/mol. The highest BCUT2D eigenvalue weighted by molar-refractivity contribution is 5.85. The maximum Gasteiger partial charge on any atom is 0.237 e. The van der Waals surface area contributed by atoms with Crippen LogP contribution in [0.5, 0.6) is 0 Å². The van der Waals surface area contributed by atoms with Gasteiger partial charge in [0.1, 0.15) is 46.0 Å². The van der Waals surface area contributed by atoms with E-state index in [4.69, 9.17) is 20.9 Å². The van der Waals surface area contributed by atoms with Gasteiger partial charge in [-0.05, 0) is 127 Å². The quantitative estimate of drug-likeness (QED) is 0.176. The molecule has 0 bridgehead atoms. The molecule has 2 aliphatic heterocycles. The van der Waals surface area contributed by atoms with E-state index in [0.29, 0.717) is 103 Å². The number of halogens is 6. The lowest BCUT2D eigenvalue weighted by Crippen LogP contribution is -2.58. The zero-order valence-corrected chi connectivity index (χ0v) is 30.8. The first-order valence-electron chi connectivity index (χ1n) is 19.4. The largest absolute Gasteiger partial charge is 0.381 e. The van der Waals surface area contributed by atoms with Crippen LogP contribution in [0, 0.1) is 46.7 Å². The van der Waals surface area contributed by atoms with E-state index in [1.807, 2.05) is 0 Å². The van der Waals surface area contributed by atoms with E-state index >= 15 is 0 Å².